The molecule has 0 radical (unpaired) electrons. The zero-order chi connectivity index (χ0) is 14.5. The largest absolute Gasteiger partial charge is 0.323 e. The van der Waals surface area contributed by atoms with E-state index >= 15 is 0 Å². The average Bonchev–Trinajstić information content (AvgIpc) is 3.00. The Balaban J connectivity index is 2.02. The number of imidazole rings is 1. The lowest BCUT2D eigenvalue weighted by Crippen LogP contribution is -2.40. The molecule has 2 heterocycles. The summed E-state index contributed by atoms with van der Waals surface area (Å²) in [5.41, 5.74) is 6.52. The number of nitrogens with zero attached hydrogens (tertiary/aromatic N) is 3. The molecular weight excluding hydrogens is 254 g/mol. The molecule has 2 atom stereocenters. The van der Waals surface area contributed by atoms with Crippen LogP contribution < -0.4 is 11.1 Å². The van der Waals surface area contributed by atoms with Crippen LogP contribution in [0.25, 0.3) is 5.82 Å². The molecule has 1 amide bonds. The smallest absolute Gasteiger partial charge is 0.241 e. The first-order chi connectivity index (χ1) is 9.61. The summed E-state index contributed by atoms with van der Waals surface area (Å²) < 4.78 is 1.79. The predicted octanol–water partition coefficient (Wildman–Crippen LogP) is 1.58. The molecule has 0 aliphatic heterocycles. The minimum atomic E-state index is -0.506. The van der Waals surface area contributed by atoms with Crippen molar-refractivity contribution in [3.05, 3.63) is 37.1 Å². The van der Waals surface area contributed by atoms with Gasteiger partial charge in [0.05, 0.1) is 17.9 Å². The summed E-state index contributed by atoms with van der Waals surface area (Å²) in [5.74, 6) is 0.705. The first kappa shape index (κ1) is 14.2. The molecule has 2 unspecified atom stereocenters. The number of carbonyl (C=O) groups is 1. The molecule has 2 aromatic heterocycles. The number of aromatic nitrogens is 3. The van der Waals surface area contributed by atoms with E-state index in [1.54, 1.807) is 35.6 Å². The number of hydrogen-bond donors (Lipinski definition) is 2. The van der Waals surface area contributed by atoms with E-state index in [9.17, 15) is 4.79 Å². The van der Waals surface area contributed by atoms with E-state index in [-0.39, 0.29) is 11.8 Å². The van der Waals surface area contributed by atoms with Crippen LogP contribution in [0.3, 0.4) is 0 Å². The molecule has 0 bridgehead atoms. The topological polar surface area (TPSA) is 85.8 Å². The second-order valence-corrected chi connectivity index (χ2v) is 4.78. The van der Waals surface area contributed by atoms with Crippen molar-refractivity contribution in [3.63, 3.8) is 0 Å². The van der Waals surface area contributed by atoms with Gasteiger partial charge in [0.1, 0.15) is 12.1 Å². The maximum atomic E-state index is 11.9. The summed E-state index contributed by atoms with van der Waals surface area (Å²) in [6.07, 6.45) is 7.63. The van der Waals surface area contributed by atoms with Gasteiger partial charge < -0.3 is 11.1 Å². The van der Waals surface area contributed by atoms with Crippen LogP contribution in [-0.4, -0.2) is 26.5 Å². The number of rotatable bonds is 5. The molecule has 2 rings (SSSR count). The van der Waals surface area contributed by atoms with E-state index in [4.69, 9.17) is 5.73 Å². The summed E-state index contributed by atoms with van der Waals surface area (Å²) in [6.45, 7) is 3.98. The van der Waals surface area contributed by atoms with Gasteiger partial charge in [-0.2, -0.15) is 0 Å². The van der Waals surface area contributed by atoms with Crippen molar-refractivity contribution >= 4 is 11.6 Å². The van der Waals surface area contributed by atoms with Crippen LogP contribution in [0.15, 0.2) is 37.1 Å². The van der Waals surface area contributed by atoms with Crippen LogP contribution in [-0.2, 0) is 4.79 Å². The lowest BCUT2D eigenvalue weighted by molar-refractivity contribution is -0.118. The third-order valence-corrected chi connectivity index (χ3v) is 3.34. The minimum Gasteiger partial charge on any atom is -0.323 e. The highest BCUT2D eigenvalue weighted by atomic mass is 16.2. The lowest BCUT2D eigenvalue weighted by atomic mass is 9.99. The highest BCUT2D eigenvalue weighted by molar-refractivity contribution is 5.94. The Hall–Kier alpha value is -2.21. The van der Waals surface area contributed by atoms with Crippen LogP contribution in [0.2, 0.25) is 0 Å². The third-order valence-electron chi connectivity index (χ3n) is 3.34. The van der Waals surface area contributed by atoms with Gasteiger partial charge >= 0.3 is 0 Å². The van der Waals surface area contributed by atoms with Crippen LogP contribution in [0.5, 0.6) is 0 Å². The van der Waals surface area contributed by atoms with Gasteiger partial charge in [0.2, 0.25) is 5.91 Å². The fraction of sp³-hybridized carbons (Fsp3) is 0.357. The summed E-state index contributed by atoms with van der Waals surface area (Å²) in [6, 6.07) is 3.10. The Morgan fingerprint density at radius 3 is 2.85 bits per heavy atom. The highest BCUT2D eigenvalue weighted by Gasteiger charge is 2.19. The average molecular weight is 273 g/mol. The van der Waals surface area contributed by atoms with Crippen molar-refractivity contribution in [2.45, 2.75) is 26.3 Å². The number of pyridine rings is 1. The van der Waals surface area contributed by atoms with Crippen molar-refractivity contribution in [1.29, 1.82) is 0 Å². The standard InChI is InChI=1S/C14H19N5O/c1-3-10(2)13(15)14(20)18-11-4-5-12(17-8-11)19-7-6-16-9-19/h4-10,13H,3,15H2,1-2H3,(H,18,20). The van der Waals surface area contributed by atoms with Gasteiger partial charge in [-0.3, -0.25) is 9.36 Å². The first-order valence-corrected chi connectivity index (χ1v) is 6.62. The number of nitrogens with two attached hydrogens (primary N) is 1. The van der Waals surface area contributed by atoms with E-state index in [1.807, 2.05) is 19.9 Å². The molecule has 0 aromatic carbocycles. The molecule has 20 heavy (non-hydrogen) atoms. The monoisotopic (exact) mass is 273 g/mol. The van der Waals surface area contributed by atoms with Gasteiger partial charge in [-0.25, -0.2) is 9.97 Å². The highest BCUT2D eigenvalue weighted by Crippen LogP contribution is 2.12. The Kier molecular flexibility index (Phi) is 4.47. The Morgan fingerprint density at radius 1 is 1.50 bits per heavy atom. The SMILES string of the molecule is CCC(C)C(N)C(=O)Nc1ccc(-n2ccnc2)nc1. The molecule has 0 saturated carbocycles. The Bertz CT molecular complexity index is 549. The summed E-state index contributed by atoms with van der Waals surface area (Å²) in [5, 5.41) is 2.78. The Labute approximate surface area is 118 Å². The molecule has 0 aliphatic rings. The van der Waals surface area contributed by atoms with Crippen LogP contribution >= 0.6 is 0 Å². The number of carbonyl (C=O) groups excluding carboxylic acids is 1. The van der Waals surface area contributed by atoms with Crippen LogP contribution in [0, 0.1) is 5.92 Å². The van der Waals surface area contributed by atoms with Gasteiger partial charge in [0, 0.05) is 12.4 Å². The van der Waals surface area contributed by atoms with Crippen molar-refractivity contribution in [2.75, 3.05) is 5.32 Å². The first-order valence-electron chi connectivity index (χ1n) is 6.62. The second kappa shape index (κ2) is 6.29. The van der Waals surface area contributed by atoms with E-state index in [1.165, 1.54) is 0 Å². The molecule has 0 aliphatic carbocycles. The molecule has 0 spiro atoms. The molecule has 3 N–H and O–H groups in total. The quantitative estimate of drug-likeness (QED) is 0.866. The molecule has 106 valence electrons. The van der Waals surface area contributed by atoms with Gasteiger partial charge in [-0.05, 0) is 18.1 Å². The normalized spacial score (nSPS) is 13.8. The Morgan fingerprint density at radius 2 is 2.30 bits per heavy atom. The van der Waals surface area contributed by atoms with Crippen LogP contribution in [0.4, 0.5) is 5.69 Å². The summed E-state index contributed by atoms with van der Waals surface area (Å²) in [7, 11) is 0. The van der Waals surface area contributed by atoms with Crippen molar-refractivity contribution in [2.24, 2.45) is 11.7 Å². The van der Waals surface area contributed by atoms with Crippen molar-refractivity contribution in [3.8, 4) is 5.82 Å². The molecule has 6 nitrogen and oxygen atoms in total. The molecular formula is C14H19N5O. The third kappa shape index (κ3) is 3.21. The van der Waals surface area contributed by atoms with Crippen molar-refractivity contribution < 1.29 is 4.79 Å². The molecule has 0 saturated heterocycles. The number of nitrogens with one attached hydrogen (secondary N) is 1. The maximum absolute atomic E-state index is 11.9. The molecule has 6 heteroatoms. The van der Waals surface area contributed by atoms with E-state index in [0.29, 0.717) is 5.69 Å². The van der Waals surface area contributed by atoms with Crippen molar-refractivity contribution in [1.82, 2.24) is 14.5 Å². The van der Waals surface area contributed by atoms with Gasteiger partial charge in [0.15, 0.2) is 0 Å². The maximum Gasteiger partial charge on any atom is 0.241 e. The zero-order valence-corrected chi connectivity index (χ0v) is 11.7. The van der Waals surface area contributed by atoms with Gasteiger partial charge in [-0.1, -0.05) is 20.3 Å². The van der Waals surface area contributed by atoms with E-state index < -0.39 is 6.04 Å². The molecule has 2 aromatic rings. The minimum absolute atomic E-state index is 0.146. The number of amides is 1. The lowest BCUT2D eigenvalue weighted by Gasteiger charge is -2.17. The number of hydrogen-bond acceptors (Lipinski definition) is 4. The summed E-state index contributed by atoms with van der Waals surface area (Å²) in [4.78, 5) is 20.2. The second-order valence-electron chi connectivity index (χ2n) is 4.78. The van der Waals surface area contributed by atoms with Crippen LogP contribution in [0.1, 0.15) is 20.3 Å². The fourth-order valence-electron chi connectivity index (χ4n) is 1.75. The predicted molar refractivity (Wildman–Crippen MR) is 77.4 cm³/mol. The fourth-order valence-corrected chi connectivity index (χ4v) is 1.75. The van der Waals surface area contributed by atoms with Gasteiger partial charge in [-0.15, -0.1) is 0 Å². The molecule has 0 fully saturated rings. The van der Waals surface area contributed by atoms with Gasteiger partial charge in [0.25, 0.3) is 0 Å². The van der Waals surface area contributed by atoms with E-state index in [0.717, 1.165) is 12.2 Å². The zero-order valence-electron chi connectivity index (χ0n) is 11.7. The summed E-state index contributed by atoms with van der Waals surface area (Å²) >= 11 is 0. The number of anilines is 1. The van der Waals surface area contributed by atoms with E-state index in [2.05, 4.69) is 15.3 Å².